The second kappa shape index (κ2) is 6.23. The van der Waals surface area contributed by atoms with Gasteiger partial charge < -0.3 is 11.1 Å². The van der Waals surface area contributed by atoms with Crippen LogP contribution in [0, 0.1) is 0 Å². The normalized spacial score (nSPS) is 11.2. The van der Waals surface area contributed by atoms with Crippen molar-refractivity contribution >= 4 is 51.5 Å². The van der Waals surface area contributed by atoms with Crippen LogP contribution in [0.1, 0.15) is 16.1 Å². The molecule has 0 atom stereocenters. The van der Waals surface area contributed by atoms with Gasteiger partial charge in [-0.3, -0.25) is 14.0 Å². The first-order valence-corrected chi connectivity index (χ1v) is 7.80. The number of hydrogen-bond acceptors (Lipinski definition) is 4. The minimum atomic E-state index is -0.553. The molecule has 2 heterocycles. The maximum atomic E-state index is 12.0. The molecule has 8 heteroatoms. The number of thiazole rings is 1. The zero-order valence-electron chi connectivity index (χ0n) is 11.7. The van der Waals surface area contributed by atoms with Crippen molar-refractivity contribution in [2.75, 3.05) is 5.32 Å². The number of nitrogens with one attached hydrogen (secondary N) is 1. The van der Waals surface area contributed by atoms with E-state index in [-0.39, 0.29) is 5.91 Å². The van der Waals surface area contributed by atoms with Crippen LogP contribution in [-0.4, -0.2) is 21.2 Å². The maximum absolute atomic E-state index is 12.0. The number of imidazole rings is 1. The van der Waals surface area contributed by atoms with Crippen molar-refractivity contribution in [3.8, 4) is 0 Å². The third kappa shape index (κ3) is 3.25. The largest absolute Gasteiger partial charge is 0.366 e. The Morgan fingerprint density at radius 2 is 2.22 bits per heavy atom. The van der Waals surface area contributed by atoms with E-state index in [2.05, 4.69) is 10.3 Å². The minimum absolute atomic E-state index is 0.325. The Kier molecular flexibility index (Phi) is 4.14. The molecule has 0 aliphatic carbocycles. The SMILES string of the molecule is NC(=O)c1cccc(NC(=O)/C=C/c2c(Cl)nc3sccn23)c1. The number of fused-ring (bicyclic) bond motifs is 1. The first-order chi connectivity index (χ1) is 11.0. The van der Waals surface area contributed by atoms with E-state index in [0.29, 0.717) is 22.1 Å². The van der Waals surface area contributed by atoms with Gasteiger partial charge in [-0.2, -0.15) is 0 Å². The maximum Gasteiger partial charge on any atom is 0.248 e. The van der Waals surface area contributed by atoms with Crippen molar-refractivity contribution in [2.24, 2.45) is 5.73 Å². The van der Waals surface area contributed by atoms with Gasteiger partial charge in [-0.1, -0.05) is 17.7 Å². The number of anilines is 1. The van der Waals surface area contributed by atoms with Crippen LogP contribution < -0.4 is 11.1 Å². The van der Waals surface area contributed by atoms with E-state index in [1.807, 2.05) is 11.6 Å². The number of primary amides is 1. The molecule has 3 rings (SSSR count). The summed E-state index contributed by atoms with van der Waals surface area (Å²) in [5, 5.41) is 4.87. The summed E-state index contributed by atoms with van der Waals surface area (Å²) in [4.78, 5) is 28.1. The summed E-state index contributed by atoms with van der Waals surface area (Å²) in [5.41, 5.74) is 6.64. The second-order valence-corrected chi connectivity index (χ2v) is 5.84. The average Bonchev–Trinajstić information content (AvgIpc) is 3.06. The fraction of sp³-hybridized carbons (Fsp3) is 0. The van der Waals surface area contributed by atoms with Gasteiger partial charge in [0.25, 0.3) is 0 Å². The number of hydrogen-bond donors (Lipinski definition) is 2. The predicted octanol–water partition coefficient (Wildman–Crippen LogP) is 2.80. The molecule has 0 radical (unpaired) electrons. The van der Waals surface area contributed by atoms with Crippen molar-refractivity contribution < 1.29 is 9.59 Å². The Hall–Kier alpha value is -2.64. The van der Waals surface area contributed by atoms with Gasteiger partial charge in [0.15, 0.2) is 10.1 Å². The number of nitrogens with two attached hydrogens (primary N) is 1. The molecule has 3 N–H and O–H groups in total. The Balaban J connectivity index is 1.77. The quantitative estimate of drug-likeness (QED) is 0.712. The van der Waals surface area contributed by atoms with Gasteiger partial charge in [-0.05, 0) is 24.3 Å². The summed E-state index contributed by atoms with van der Waals surface area (Å²) in [6.07, 6.45) is 4.76. The molecule has 0 unspecified atom stereocenters. The molecule has 2 amide bonds. The first-order valence-electron chi connectivity index (χ1n) is 6.54. The number of rotatable bonds is 4. The zero-order chi connectivity index (χ0) is 16.4. The Morgan fingerprint density at radius 1 is 1.39 bits per heavy atom. The minimum Gasteiger partial charge on any atom is -0.366 e. The van der Waals surface area contributed by atoms with E-state index in [4.69, 9.17) is 17.3 Å². The molecule has 23 heavy (non-hydrogen) atoms. The van der Waals surface area contributed by atoms with Crippen LogP contribution in [0.3, 0.4) is 0 Å². The molecule has 6 nitrogen and oxygen atoms in total. The summed E-state index contributed by atoms with van der Waals surface area (Å²) in [6, 6.07) is 6.40. The molecule has 0 fully saturated rings. The van der Waals surface area contributed by atoms with Crippen LogP contribution in [0.5, 0.6) is 0 Å². The van der Waals surface area contributed by atoms with E-state index in [1.54, 1.807) is 28.7 Å². The predicted molar refractivity (Wildman–Crippen MR) is 90.7 cm³/mol. The number of carbonyl (C=O) groups excluding carboxylic acids is 2. The first kappa shape index (κ1) is 15.3. The number of amides is 2. The monoisotopic (exact) mass is 346 g/mol. The highest BCUT2D eigenvalue weighted by Crippen LogP contribution is 2.22. The molecular formula is C15H11ClN4O2S. The molecule has 0 saturated carbocycles. The highest BCUT2D eigenvalue weighted by molar-refractivity contribution is 7.15. The standard InChI is InChI=1S/C15H11ClN4O2S/c16-13-11(20-6-7-23-15(20)19-13)4-5-12(21)18-10-3-1-2-9(8-10)14(17)22/h1-8H,(H2,17,22)(H,18,21)/b5-4+. The topological polar surface area (TPSA) is 89.5 Å². The Labute approximate surface area is 140 Å². The average molecular weight is 347 g/mol. The fourth-order valence-electron chi connectivity index (χ4n) is 2.01. The third-order valence-corrected chi connectivity index (χ3v) is 4.10. The lowest BCUT2D eigenvalue weighted by molar-refractivity contribution is -0.111. The van der Waals surface area contributed by atoms with Crippen molar-refractivity contribution in [3.63, 3.8) is 0 Å². The van der Waals surface area contributed by atoms with Crippen LogP contribution >= 0.6 is 22.9 Å². The van der Waals surface area contributed by atoms with Crippen LogP contribution in [0.15, 0.2) is 41.9 Å². The number of halogens is 1. The summed E-state index contributed by atoms with van der Waals surface area (Å²) in [6.45, 7) is 0. The summed E-state index contributed by atoms with van der Waals surface area (Å²) < 4.78 is 1.80. The highest BCUT2D eigenvalue weighted by Gasteiger charge is 2.09. The molecule has 1 aromatic carbocycles. The van der Waals surface area contributed by atoms with Gasteiger partial charge >= 0.3 is 0 Å². The van der Waals surface area contributed by atoms with Crippen LogP contribution in [0.25, 0.3) is 11.0 Å². The number of carbonyl (C=O) groups is 2. The van der Waals surface area contributed by atoms with Crippen molar-refractivity contribution in [2.45, 2.75) is 0 Å². The van der Waals surface area contributed by atoms with E-state index in [9.17, 15) is 9.59 Å². The van der Waals surface area contributed by atoms with E-state index in [0.717, 1.165) is 4.96 Å². The lowest BCUT2D eigenvalue weighted by Gasteiger charge is -2.03. The second-order valence-electron chi connectivity index (χ2n) is 4.61. The van der Waals surface area contributed by atoms with Gasteiger partial charge in [0, 0.05) is 28.9 Å². The van der Waals surface area contributed by atoms with E-state index in [1.165, 1.54) is 23.5 Å². The van der Waals surface area contributed by atoms with Crippen LogP contribution in [0.2, 0.25) is 5.15 Å². The van der Waals surface area contributed by atoms with E-state index < -0.39 is 5.91 Å². The summed E-state index contributed by atoms with van der Waals surface area (Å²) in [5.74, 6) is -0.907. The Bertz CT molecular complexity index is 929. The van der Waals surface area contributed by atoms with Gasteiger partial charge in [0.1, 0.15) is 0 Å². The van der Waals surface area contributed by atoms with Crippen LogP contribution in [0.4, 0.5) is 5.69 Å². The van der Waals surface area contributed by atoms with E-state index >= 15 is 0 Å². The van der Waals surface area contributed by atoms with Crippen molar-refractivity contribution in [1.82, 2.24) is 9.38 Å². The molecule has 3 aromatic rings. The van der Waals surface area contributed by atoms with Gasteiger partial charge in [0.05, 0.1) is 5.69 Å². The van der Waals surface area contributed by atoms with Gasteiger partial charge in [-0.25, -0.2) is 4.98 Å². The number of nitrogens with zero attached hydrogens (tertiary/aromatic N) is 2. The molecule has 0 saturated heterocycles. The van der Waals surface area contributed by atoms with Crippen molar-refractivity contribution in [1.29, 1.82) is 0 Å². The number of aromatic nitrogens is 2. The fourth-order valence-corrected chi connectivity index (χ4v) is 3.02. The molecule has 0 aliphatic heterocycles. The third-order valence-electron chi connectivity index (χ3n) is 3.06. The molecule has 2 aromatic heterocycles. The highest BCUT2D eigenvalue weighted by atomic mass is 35.5. The molecule has 0 bridgehead atoms. The van der Waals surface area contributed by atoms with Gasteiger partial charge in [-0.15, -0.1) is 11.3 Å². The van der Waals surface area contributed by atoms with Crippen LogP contribution in [-0.2, 0) is 4.79 Å². The molecule has 0 spiro atoms. The molecule has 0 aliphatic rings. The zero-order valence-corrected chi connectivity index (χ0v) is 13.3. The number of benzene rings is 1. The van der Waals surface area contributed by atoms with Crippen molar-refractivity contribution in [3.05, 3.63) is 58.3 Å². The Morgan fingerprint density at radius 3 is 3.00 bits per heavy atom. The summed E-state index contributed by atoms with van der Waals surface area (Å²) in [7, 11) is 0. The molecule has 116 valence electrons. The summed E-state index contributed by atoms with van der Waals surface area (Å²) >= 11 is 7.50. The lowest BCUT2D eigenvalue weighted by atomic mass is 10.2. The smallest absolute Gasteiger partial charge is 0.248 e. The molecular weight excluding hydrogens is 336 g/mol. The lowest BCUT2D eigenvalue weighted by Crippen LogP contribution is -2.12. The van der Waals surface area contributed by atoms with Gasteiger partial charge in [0.2, 0.25) is 11.8 Å².